The van der Waals surface area contributed by atoms with Crippen LogP contribution in [0.1, 0.15) is 31.1 Å². The van der Waals surface area contributed by atoms with Gasteiger partial charge >= 0.3 is 6.09 Å². The van der Waals surface area contributed by atoms with Crippen LogP contribution < -0.4 is 10.6 Å². The van der Waals surface area contributed by atoms with Crippen molar-refractivity contribution in [2.75, 3.05) is 12.4 Å². The van der Waals surface area contributed by atoms with Crippen LogP contribution in [0.2, 0.25) is 5.15 Å². The zero-order chi connectivity index (χ0) is 15.5. The molecule has 0 aliphatic carbocycles. The highest BCUT2D eigenvalue weighted by molar-refractivity contribution is 6.30. The Balaban J connectivity index is 3.10. The fourth-order valence-corrected chi connectivity index (χ4v) is 1.46. The number of aromatic nitrogens is 1. The third-order valence-electron chi connectivity index (χ3n) is 2.07. The summed E-state index contributed by atoms with van der Waals surface area (Å²) in [5, 5.41) is 4.06. The summed E-state index contributed by atoms with van der Waals surface area (Å²) in [5.74, 6) is -1.75. The minimum atomic E-state index is -1.01. The Morgan fingerprint density at radius 1 is 1.40 bits per heavy atom. The standard InChI is InChI=1S/C12H15ClFN3O3/c1-12(2,3)20-11(19)17-6-5-16-9(13)8(14)7(6)10(18)15-4/h5H,1-4H3,(H,15,18)(H,17,19). The molecule has 0 saturated heterocycles. The summed E-state index contributed by atoms with van der Waals surface area (Å²) in [7, 11) is 1.33. The van der Waals surface area contributed by atoms with E-state index in [1.165, 1.54) is 7.05 Å². The van der Waals surface area contributed by atoms with Crippen molar-refractivity contribution in [2.45, 2.75) is 26.4 Å². The average molecular weight is 304 g/mol. The van der Waals surface area contributed by atoms with Gasteiger partial charge in [0.25, 0.3) is 5.91 Å². The maximum atomic E-state index is 13.8. The molecular formula is C12H15ClFN3O3. The van der Waals surface area contributed by atoms with Crippen LogP contribution in [0.25, 0.3) is 0 Å². The van der Waals surface area contributed by atoms with E-state index in [0.29, 0.717) is 0 Å². The van der Waals surface area contributed by atoms with E-state index in [1.54, 1.807) is 20.8 Å². The molecule has 1 rings (SSSR count). The Morgan fingerprint density at radius 3 is 2.50 bits per heavy atom. The number of hydrogen-bond acceptors (Lipinski definition) is 4. The maximum Gasteiger partial charge on any atom is 0.412 e. The average Bonchev–Trinajstić information content (AvgIpc) is 2.31. The van der Waals surface area contributed by atoms with Gasteiger partial charge in [-0.25, -0.2) is 14.2 Å². The van der Waals surface area contributed by atoms with Crippen LogP contribution in [0, 0.1) is 5.82 Å². The molecule has 0 fully saturated rings. The second-order valence-corrected chi connectivity index (χ2v) is 5.22. The van der Waals surface area contributed by atoms with Crippen molar-refractivity contribution >= 4 is 29.3 Å². The van der Waals surface area contributed by atoms with Crippen molar-refractivity contribution < 1.29 is 18.7 Å². The molecule has 1 heterocycles. The number of hydrogen-bond donors (Lipinski definition) is 2. The number of rotatable bonds is 2. The third-order valence-corrected chi connectivity index (χ3v) is 2.33. The second kappa shape index (κ2) is 6.04. The van der Waals surface area contributed by atoms with E-state index in [2.05, 4.69) is 15.6 Å². The molecule has 0 radical (unpaired) electrons. The van der Waals surface area contributed by atoms with Crippen LogP contribution in [0.3, 0.4) is 0 Å². The van der Waals surface area contributed by atoms with Crippen LogP contribution in [0.15, 0.2) is 6.20 Å². The summed E-state index contributed by atoms with van der Waals surface area (Å²) in [6.45, 7) is 5.02. The smallest absolute Gasteiger partial charge is 0.412 e. The largest absolute Gasteiger partial charge is 0.444 e. The summed E-state index contributed by atoms with van der Waals surface area (Å²) in [6, 6.07) is 0. The number of pyridine rings is 1. The van der Waals surface area contributed by atoms with Gasteiger partial charge in [0.1, 0.15) is 11.2 Å². The van der Waals surface area contributed by atoms with Gasteiger partial charge in [-0.1, -0.05) is 11.6 Å². The number of carbonyl (C=O) groups is 2. The van der Waals surface area contributed by atoms with Gasteiger partial charge in [-0.15, -0.1) is 0 Å². The molecule has 0 aromatic carbocycles. The van der Waals surface area contributed by atoms with Gasteiger partial charge in [0.05, 0.1) is 11.9 Å². The Morgan fingerprint density at radius 2 is 2.00 bits per heavy atom. The highest BCUT2D eigenvalue weighted by Gasteiger charge is 2.23. The lowest BCUT2D eigenvalue weighted by Crippen LogP contribution is -2.29. The van der Waals surface area contributed by atoms with Gasteiger partial charge in [-0.3, -0.25) is 10.1 Å². The summed E-state index contributed by atoms with van der Waals surface area (Å²) < 4.78 is 18.9. The minimum Gasteiger partial charge on any atom is -0.444 e. The fraction of sp³-hybridized carbons (Fsp3) is 0.417. The number of nitrogens with zero attached hydrogens (tertiary/aromatic N) is 1. The molecule has 0 spiro atoms. The molecule has 0 aliphatic heterocycles. The number of halogens is 2. The zero-order valence-electron chi connectivity index (χ0n) is 11.5. The van der Waals surface area contributed by atoms with E-state index in [9.17, 15) is 14.0 Å². The molecule has 0 unspecified atom stereocenters. The van der Waals surface area contributed by atoms with Crippen molar-refractivity contribution in [3.8, 4) is 0 Å². The maximum absolute atomic E-state index is 13.8. The highest BCUT2D eigenvalue weighted by Crippen LogP contribution is 2.24. The monoisotopic (exact) mass is 303 g/mol. The van der Waals surface area contributed by atoms with Crippen LogP contribution in [0.4, 0.5) is 14.9 Å². The van der Waals surface area contributed by atoms with Crippen LogP contribution in [-0.2, 0) is 4.74 Å². The van der Waals surface area contributed by atoms with Crippen LogP contribution >= 0.6 is 11.6 Å². The van der Waals surface area contributed by atoms with Crippen LogP contribution in [0.5, 0.6) is 0 Å². The highest BCUT2D eigenvalue weighted by atomic mass is 35.5. The Kier molecular flexibility index (Phi) is 4.88. The quantitative estimate of drug-likeness (QED) is 0.823. The number of carbonyl (C=O) groups excluding carboxylic acids is 2. The van der Waals surface area contributed by atoms with Gasteiger partial charge in [0.2, 0.25) is 0 Å². The van der Waals surface area contributed by atoms with Gasteiger partial charge in [-0.05, 0) is 20.8 Å². The number of nitrogens with one attached hydrogen (secondary N) is 2. The van der Waals surface area contributed by atoms with E-state index >= 15 is 0 Å². The topological polar surface area (TPSA) is 80.3 Å². The third kappa shape index (κ3) is 4.06. The van der Waals surface area contributed by atoms with Gasteiger partial charge in [0, 0.05) is 7.05 Å². The molecular weight excluding hydrogens is 289 g/mol. The Hall–Kier alpha value is -1.89. The molecule has 20 heavy (non-hydrogen) atoms. The Bertz CT molecular complexity index is 543. The molecule has 2 N–H and O–H groups in total. The first-order valence-corrected chi connectivity index (χ1v) is 6.09. The number of anilines is 1. The minimum absolute atomic E-state index is 0.125. The molecule has 0 atom stereocenters. The van der Waals surface area contributed by atoms with E-state index in [1.807, 2.05) is 0 Å². The van der Waals surface area contributed by atoms with Crippen molar-refractivity contribution in [3.63, 3.8) is 0 Å². The lowest BCUT2D eigenvalue weighted by molar-refractivity contribution is 0.0636. The normalized spacial score (nSPS) is 10.9. The molecule has 0 aliphatic rings. The van der Waals surface area contributed by atoms with Crippen molar-refractivity contribution in [2.24, 2.45) is 0 Å². The number of amides is 2. The first-order chi connectivity index (χ1) is 9.15. The zero-order valence-corrected chi connectivity index (χ0v) is 12.3. The first-order valence-electron chi connectivity index (χ1n) is 5.71. The molecule has 8 heteroatoms. The van der Waals surface area contributed by atoms with Crippen LogP contribution in [-0.4, -0.2) is 29.6 Å². The SMILES string of the molecule is CNC(=O)c1c(NC(=O)OC(C)(C)C)cnc(Cl)c1F. The van der Waals surface area contributed by atoms with Gasteiger partial charge in [-0.2, -0.15) is 0 Å². The Labute approximate surface area is 120 Å². The van der Waals surface area contributed by atoms with Crippen molar-refractivity contribution in [1.82, 2.24) is 10.3 Å². The van der Waals surface area contributed by atoms with Gasteiger partial charge < -0.3 is 10.1 Å². The van der Waals surface area contributed by atoms with E-state index in [-0.39, 0.29) is 5.69 Å². The molecule has 0 saturated carbocycles. The molecule has 110 valence electrons. The summed E-state index contributed by atoms with van der Waals surface area (Å²) in [4.78, 5) is 26.8. The molecule has 0 bridgehead atoms. The van der Waals surface area contributed by atoms with E-state index < -0.39 is 34.1 Å². The predicted octanol–water partition coefficient (Wildman–Crippen LogP) is 2.58. The molecule has 1 aromatic heterocycles. The molecule has 6 nitrogen and oxygen atoms in total. The van der Waals surface area contributed by atoms with E-state index in [0.717, 1.165) is 6.20 Å². The second-order valence-electron chi connectivity index (χ2n) is 4.86. The van der Waals surface area contributed by atoms with Crippen molar-refractivity contribution in [1.29, 1.82) is 0 Å². The number of ether oxygens (including phenoxy) is 1. The van der Waals surface area contributed by atoms with E-state index in [4.69, 9.17) is 16.3 Å². The predicted molar refractivity (Wildman–Crippen MR) is 72.5 cm³/mol. The molecule has 1 aromatic rings. The van der Waals surface area contributed by atoms with Crippen molar-refractivity contribution in [3.05, 3.63) is 22.7 Å². The summed E-state index contributed by atoms with van der Waals surface area (Å²) >= 11 is 5.52. The first kappa shape index (κ1) is 16.2. The molecule has 2 amide bonds. The lowest BCUT2D eigenvalue weighted by Gasteiger charge is -2.20. The van der Waals surface area contributed by atoms with Gasteiger partial charge in [0.15, 0.2) is 11.0 Å². The fourth-order valence-electron chi connectivity index (χ4n) is 1.32. The summed E-state index contributed by atoms with van der Waals surface area (Å²) in [5.41, 5.74) is -1.26. The lowest BCUT2D eigenvalue weighted by atomic mass is 10.2. The summed E-state index contributed by atoms with van der Waals surface area (Å²) in [6.07, 6.45) is 0.256.